The first-order valence-electron chi connectivity index (χ1n) is 7.84. The van der Waals surface area contributed by atoms with Crippen molar-refractivity contribution < 1.29 is 23.1 Å². The molecule has 3 fully saturated rings. The summed E-state index contributed by atoms with van der Waals surface area (Å²) in [5.41, 5.74) is 0. The van der Waals surface area contributed by atoms with Gasteiger partial charge in [0.25, 0.3) is 0 Å². The minimum Gasteiger partial charge on any atom is -0.480 e. The van der Waals surface area contributed by atoms with Crippen LogP contribution in [0.3, 0.4) is 0 Å². The molecular weight excluding hydrogens is 294 g/mol. The normalized spacial score (nSPS) is 35.5. The second kappa shape index (κ2) is 5.85. The van der Waals surface area contributed by atoms with Gasteiger partial charge in [-0.05, 0) is 38.0 Å². The van der Waals surface area contributed by atoms with Crippen molar-refractivity contribution in [2.45, 2.75) is 62.3 Å². The van der Waals surface area contributed by atoms with Crippen molar-refractivity contribution in [1.29, 1.82) is 0 Å². The van der Waals surface area contributed by atoms with Crippen molar-refractivity contribution in [2.24, 2.45) is 5.92 Å². The summed E-state index contributed by atoms with van der Waals surface area (Å²) >= 11 is 0. The monoisotopic (exact) mass is 317 g/mol. The van der Waals surface area contributed by atoms with Crippen molar-refractivity contribution >= 4 is 16.0 Å². The number of carbonyl (C=O) groups is 1. The molecule has 3 atom stereocenters. The van der Waals surface area contributed by atoms with E-state index in [0.29, 0.717) is 32.5 Å². The van der Waals surface area contributed by atoms with Crippen LogP contribution in [0, 0.1) is 5.92 Å². The van der Waals surface area contributed by atoms with E-state index in [0.717, 1.165) is 25.7 Å². The van der Waals surface area contributed by atoms with Crippen LogP contribution in [0.4, 0.5) is 0 Å². The molecule has 0 aromatic heterocycles. The highest BCUT2D eigenvalue weighted by Crippen LogP contribution is 2.42. The van der Waals surface area contributed by atoms with Crippen LogP contribution in [0.1, 0.15) is 44.9 Å². The SMILES string of the molecule is O=C(O)C1CC2CCCCC2N1S(=O)(=O)C1CCOCC1. The van der Waals surface area contributed by atoms with Crippen LogP contribution < -0.4 is 0 Å². The van der Waals surface area contributed by atoms with E-state index >= 15 is 0 Å². The molecule has 3 unspecified atom stereocenters. The Kier molecular flexibility index (Phi) is 4.25. The summed E-state index contributed by atoms with van der Waals surface area (Å²) in [6.45, 7) is 0.896. The fraction of sp³-hybridized carbons (Fsp3) is 0.929. The van der Waals surface area contributed by atoms with E-state index in [1.54, 1.807) is 0 Å². The molecule has 0 aromatic carbocycles. The Labute approximate surface area is 125 Å². The molecule has 21 heavy (non-hydrogen) atoms. The molecule has 0 bridgehead atoms. The smallest absolute Gasteiger partial charge is 0.322 e. The zero-order chi connectivity index (χ0) is 15.0. The molecule has 3 rings (SSSR count). The lowest BCUT2D eigenvalue weighted by molar-refractivity contribution is -0.141. The fourth-order valence-corrected chi connectivity index (χ4v) is 6.46. The highest BCUT2D eigenvalue weighted by atomic mass is 32.2. The average molecular weight is 317 g/mol. The first-order chi connectivity index (χ1) is 10.0. The van der Waals surface area contributed by atoms with Crippen LogP contribution in [-0.4, -0.2) is 54.3 Å². The Balaban J connectivity index is 1.90. The Morgan fingerprint density at radius 1 is 1.10 bits per heavy atom. The summed E-state index contributed by atoms with van der Waals surface area (Å²) < 4.78 is 32.5. The number of hydrogen-bond donors (Lipinski definition) is 1. The van der Waals surface area contributed by atoms with E-state index in [4.69, 9.17) is 4.74 Å². The van der Waals surface area contributed by atoms with E-state index in [-0.39, 0.29) is 12.0 Å². The Hall–Kier alpha value is -0.660. The summed E-state index contributed by atoms with van der Waals surface area (Å²) in [6.07, 6.45) is 5.25. The van der Waals surface area contributed by atoms with Crippen LogP contribution in [-0.2, 0) is 19.6 Å². The molecule has 6 nitrogen and oxygen atoms in total. The van der Waals surface area contributed by atoms with Gasteiger partial charge in [-0.25, -0.2) is 8.42 Å². The molecule has 2 saturated heterocycles. The zero-order valence-corrected chi connectivity index (χ0v) is 12.9. The minimum absolute atomic E-state index is 0.104. The standard InChI is InChI=1S/C14H23NO5S/c16-14(17)13-9-10-3-1-2-4-12(10)15(13)21(18,19)11-5-7-20-8-6-11/h10-13H,1-9H2,(H,16,17). The number of fused-ring (bicyclic) bond motifs is 1. The van der Waals surface area contributed by atoms with Crippen LogP contribution in [0.15, 0.2) is 0 Å². The maximum atomic E-state index is 13.0. The van der Waals surface area contributed by atoms with Crippen molar-refractivity contribution in [2.75, 3.05) is 13.2 Å². The van der Waals surface area contributed by atoms with Gasteiger partial charge in [0.2, 0.25) is 10.0 Å². The predicted molar refractivity (Wildman–Crippen MR) is 76.4 cm³/mol. The van der Waals surface area contributed by atoms with Crippen LogP contribution in [0.25, 0.3) is 0 Å². The van der Waals surface area contributed by atoms with Gasteiger partial charge < -0.3 is 9.84 Å². The van der Waals surface area contributed by atoms with E-state index in [2.05, 4.69) is 0 Å². The quantitative estimate of drug-likeness (QED) is 0.846. The maximum Gasteiger partial charge on any atom is 0.322 e. The average Bonchev–Trinajstić information content (AvgIpc) is 2.88. The Bertz CT molecular complexity index is 499. The van der Waals surface area contributed by atoms with E-state index < -0.39 is 27.3 Å². The van der Waals surface area contributed by atoms with Gasteiger partial charge in [-0.15, -0.1) is 0 Å². The Morgan fingerprint density at radius 3 is 2.43 bits per heavy atom. The van der Waals surface area contributed by atoms with Gasteiger partial charge in [0.15, 0.2) is 0 Å². The second-order valence-corrected chi connectivity index (χ2v) is 8.51. The number of carboxylic acids is 1. The lowest BCUT2D eigenvalue weighted by atomic mass is 9.85. The molecule has 1 aliphatic carbocycles. The minimum atomic E-state index is -3.55. The van der Waals surface area contributed by atoms with Gasteiger partial charge >= 0.3 is 5.97 Å². The number of rotatable bonds is 3. The molecule has 1 N–H and O–H groups in total. The number of hydrogen-bond acceptors (Lipinski definition) is 4. The molecule has 0 aromatic rings. The van der Waals surface area contributed by atoms with Gasteiger partial charge in [-0.2, -0.15) is 4.31 Å². The topological polar surface area (TPSA) is 83.9 Å². The highest BCUT2D eigenvalue weighted by molar-refractivity contribution is 7.89. The van der Waals surface area contributed by atoms with Crippen molar-refractivity contribution in [3.63, 3.8) is 0 Å². The summed E-state index contributed by atoms with van der Waals surface area (Å²) in [6, 6.07) is -0.973. The van der Waals surface area contributed by atoms with E-state index in [1.165, 1.54) is 4.31 Å². The molecule has 1 saturated carbocycles. The van der Waals surface area contributed by atoms with Gasteiger partial charge in [-0.1, -0.05) is 12.8 Å². The number of nitrogens with zero attached hydrogens (tertiary/aromatic N) is 1. The molecule has 3 aliphatic rings. The first-order valence-corrected chi connectivity index (χ1v) is 9.35. The van der Waals surface area contributed by atoms with E-state index in [1.807, 2.05) is 0 Å². The van der Waals surface area contributed by atoms with Gasteiger partial charge in [0.1, 0.15) is 6.04 Å². The van der Waals surface area contributed by atoms with Crippen molar-refractivity contribution in [3.8, 4) is 0 Å². The molecule has 0 amide bonds. The number of carboxylic acid groups (broad SMARTS) is 1. The third kappa shape index (κ3) is 2.71. The van der Waals surface area contributed by atoms with Crippen LogP contribution in [0.5, 0.6) is 0 Å². The molecule has 7 heteroatoms. The highest BCUT2D eigenvalue weighted by Gasteiger charge is 2.52. The second-order valence-electron chi connectivity index (χ2n) is 6.39. The Morgan fingerprint density at radius 2 is 1.76 bits per heavy atom. The van der Waals surface area contributed by atoms with E-state index in [9.17, 15) is 18.3 Å². The predicted octanol–water partition coefficient (Wildman–Crippen LogP) is 1.21. The molecule has 0 radical (unpaired) electrons. The maximum absolute atomic E-state index is 13.0. The van der Waals surface area contributed by atoms with Gasteiger partial charge in [0.05, 0.1) is 5.25 Å². The molecule has 0 spiro atoms. The molecule has 2 heterocycles. The van der Waals surface area contributed by atoms with Crippen LogP contribution in [0.2, 0.25) is 0 Å². The molecular formula is C14H23NO5S. The summed E-state index contributed by atoms with van der Waals surface area (Å²) in [7, 11) is -3.55. The number of sulfonamides is 1. The van der Waals surface area contributed by atoms with Gasteiger partial charge in [-0.3, -0.25) is 4.79 Å². The number of aliphatic carboxylic acids is 1. The van der Waals surface area contributed by atoms with Gasteiger partial charge in [0, 0.05) is 19.3 Å². The third-order valence-electron chi connectivity index (χ3n) is 5.20. The summed E-state index contributed by atoms with van der Waals surface area (Å²) in [5.74, 6) is -0.783. The number of ether oxygens (including phenoxy) is 1. The van der Waals surface area contributed by atoms with Crippen LogP contribution >= 0.6 is 0 Å². The lowest BCUT2D eigenvalue weighted by Gasteiger charge is -2.35. The lowest BCUT2D eigenvalue weighted by Crippen LogP contribution is -2.50. The zero-order valence-electron chi connectivity index (χ0n) is 12.1. The molecule has 120 valence electrons. The third-order valence-corrected chi connectivity index (χ3v) is 7.62. The van der Waals surface area contributed by atoms with Crippen molar-refractivity contribution in [1.82, 2.24) is 4.31 Å². The molecule has 2 aliphatic heterocycles. The van der Waals surface area contributed by atoms with Crippen molar-refractivity contribution in [3.05, 3.63) is 0 Å². The first kappa shape index (κ1) is 15.2. The fourth-order valence-electron chi connectivity index (χ4n) is 4.14. The summed E-state index contributed by atoms with van der Waals surface area (Å²) in [5, 5.41) is 8.98. The summed E-state index contributed by atoms with van der Waals surface area (Å²) in [4.78, 5) is 11.6. The largest absolute Gasteiger partial charge is 0.480 e.